The fraction of sp³-hybridized carbons (Fsp3) is 0.520. The molecule has 6 nitrogen and oxygen atoms in total. The molecule has 0 atom stereocenters. The number of nitrogens with zero attached hydrogens (tertiary/aromatic N) is 3. The van der Waals surface area contributed by atoms with Gasteiger partial charge in [0.15, 0.2) is 0 Å². The number of carbonyl (C=O) groups is 2. The van der Waals surface area contributed by atoms with Crippen molar-refractivity contribution in [3.05, 3.63) is 53.3 Å². The van der Waals surface area contributed by atoms with Crippen LogP contribution in [0.1, 0.15) is 53.2 Å². The Morgan fingerprint density at radius 2 is 1.65 bits per heavy atom. The summed E-state index contributed by atoms with van der Waals surface area (Å²) in [5.74, 6) is -0.765. The summed E-state index contributed by atoms with van der Waals surface area (Å²) >= 11 is 0. The van der Waals surface area contributed by atoms with Gasteiger partial charge < -0.3 is 14.2 Å². The van der Waals surface area contributed by atoms with Crippen molar-refractivity contribution in [3.8, 4) is 5.75 Å². The van der Waals surface area contributed by atoms with Gasteiger partial charge in [0.1, 0.15) is 5.75 Å². The number of piperidine rings is 1. The van der Waals surface area contributed by atoms with Gasteiger partial charge in [-0.2, -0.15) is 13.2 Å². The normalized spacial score (nSPS) is 18.3. The Hall–Kier alpha value is -2.81. The molecule has 4 rings (SSSR count). The van der Waals surface area contributed by atoms with Crippen molar-refractivity contribution >= 4 is 11.7 Å². The van der Waals surface area contributed by atoms with Gasteiger partial charge in [-0.15, -0.1) is 0 Å². The molecule has 0 unspecified atom stereocenters. The minimum Gasteiger partial charge on any atom is -0.493 e. The molecule has 2 aromatic rings. The highest BCUT2D eigenvalue weighted by atomic mass is 19.4. The maximum atomic E-state index is 13.1. The predicted octanol–water partition coefficient (Wildman–Crippen LogP) is 4.34. The molecule has 1 aromatic carbocycles. The maximum Gasteiger partial charge on any atom is 0.456 e. The molecule has 1 fully saturated rings. The number of benzene rings is 1. The van der Waals surface area contributed by atoms with Crippen LogP contribution >= 0.6 is 0 Å². The number of aromatic nitrogens is 1. The van der Waals surface area contributed by atoms with Gasteiger partial charge in [-0.05, 0) is 62.2 Å². The van der Waals surface area contributed by atoms with Crippen LogP contribution in [0.4, 0.5) is 13.2 Å². The summed E-state index contributed by atoms with van der Waals surface area (Å²) in [6.07, 6.45) is -3.75. The van der Waals surface area contributed by atoms with Gasteiger partial charge in [0, 0.05) is 37.4 Å². The number of rotatable bonds is 5. The van der Waals surface area contributed by atoms with Crippen LogP contribution in [0.3, 0.4) is 0 Å². The third-order valence-corrected chi connectivity index (χ3v) is 6.90. The van der Waals surface area contributed by atoms with E-state index in [1.54, 1.807) is 35.2 Å². The van der Waals surface area contributed by atoms with Crippen LogP contribution in [-0.2, 0) is 12.1 Å². The minimum atomic E-state index is -4.91. The Labute approximate surface area is 197 Å². The number of amides is 1. The highest BCUT2D eigenvalue weighted by Gasteiger charge is 2.47. The van der Waals surface area contributed by atoms with E-state index in [-0.39, 0.29) is 11.6 Å². The van der Waals surface area contributed by atoms with Crippen molar-refractivity contribution < 1.29 is 27.5 Å². The van der Waals surface area contributed by atoms with Gasteiger partial charge in [0.05, 0.1) is 17.8 Å². The van der Waals surface area contributed by atoms with Gasteiger partial charge in [0.2, 0.25) is 0 Å². The van der Waals surface area contributed by atoms with E-state index in [0.29, 0.717) is 62.8 Å². The summed E-state index contributed by atoms with van der Waals surface area (Å²) in [6, 6.07) is 10.0. The standard InChI is InChI=1S/C25H30F3N3O3/c1-17(2)16-34-19-6-4-18(5-7-19)23(33)30-12-10-24(11-13-30)21-9-8-20(22(32)25(26,27)28)31(21)15-14-29(24)3/h4-9,17H,10-16H2,1-3H3. The van der Waals surface area contributed by atoms with E-state index in [4.69, 9.17) is 4.74 Å². The van der Waals surface area contributed by atoms with Gasteiger partial charge in [-0.3, -0.25) is 14.5 Å². The third-order valence-electron chi connectivity index (χ3n) is 6.90. The number of fused-ring (bicyclic) bond motifs is 2. The van der Waals surface area contributed by atoms with E-state index in [1.807, 2.05) is 7.05 Å². The van der Waals surface area contributed by atoms with Crippen LogP contribution in [0.15, 0.2) is 36.4 Å². The molecule has 1 spiro atoms. The second kappa shape index (κ2) is 9.09. The molecule has 0 N–H and O–H groups in total. The number of ether oxygens (including phenoxy) is 1. The van der Waals surface area contributed by atoms with E-state index in [1.165, 1.54) is 10.6 Å². The van der Waals surface area contributed by atoms with Crippen molar-refractivity contribution in [1.29, 1.82) is 0 Å². The topological polar surface area (TPSA) is 54.8 Å². The predicted molar refractivity (Wildman–Crippen MR) is 121 cm³/mol. The molecule has 0 bridgehead atoms. The zero-order chi connectivity index (χ0) is 24.7. The molecular formula is C25H30F3N3O3. The van der Waals surface area contributed by atoms with Crippen molar-refractivity contribution in [2.75, 3.05) is 33.3 Å². The second-order valence-electron chi connectivity index (χ2n) is 9.56. The van der Waals surface area contributed by atoms with Crippen LogP contribution in [0.5, 0.6) is 5.75 Å². The first-order chi connectivity index (χ1) is 16.0. The molecule has 1 aromatic heterocycles. The van der Waals surface area contributed by atoms with Gasteiger partial charge in [-0.25, -0.2) is 0 Å². The first-order valence-electron chi connectivity index (χ1n) is 11.6. The largest absolute Gasteiger partial charge is 0.493 e. The molecule has 3 heterocycles. The first-order valence-corrected chi connectivity index (χ1v) is 11.6. The summed E-state index contributed by atoms with van der Waals surface area (Å²) in [5, 5.41) is 0. The average Bonchev–Trinajstić information content (AvgIpc) is 3.24. The molecule has 2 aliphatic rings. The molecule has 1 saturated heterocycles. The van der Waals surface area contributed by atoms with Gasteiger partial charge in [0.25, 0.3) is 11.7 Å². The second-order valence-corrected chi connectivity index (χ2v) is 9.56. The number of halogens is 3. The first kappa shape index (κ1) is 24.3. The molecule has 1 amide bonds. The van der Waals surface area contributed by atoms with E-state index in [9.17, 15) is 22.8 Å². The molecule has 34 heavy (non-hydrogen) atoms. The Balaban J connectivity index is 1.48. The SMILES string of the molecule is CC(C)COc1ccc(C(=O)N2CCC3(CC2)c2ccc(C(=O)C(F)(F)F)n2CCN3C)cc1. The number of ketones is 1. The van der Waals surface area contributed by atoms with Crippen LogP contribution in [0, 0.1) is 5.92 Å². The minimum absolute atomic E-state index is 0.0768. The molecule has 0 radical (unpaired) electrons. The van der Waals surface area contributed by atoms with Crippen molar-refractivity contribution in [3.63, 3.8) is 0 Å². The Morgan fingerprint density at radius 1 is 1.00 bits per heavy atom. The van der Waals surface area contributed by atoms with Crippen LogP contribution < -0.4 is 4.74 Å². The molecule has 2 aliphatic heterocycles. The lowest BCUT2D eigenvalue weighted by Crippen LogP contribution is -2.56. The fourth-order valence-corrected chi connectivity index (χ4v) is 4.97. The number of hydrogen-bond acceptors (Lipinski definition) is 4. The molecule has 9 heteroatoms. The van der Waals surface area contributed by atoms with Crippen LogP contribution in [-0.4, -0.2) is 65.5 Å². The highest BCUT2D eigenvalue weighted by molar-refractivity contribution is 5.99. The zero-order valence-electron chi connectivity index (χ0n) is 19.7. The number of likely N-dealkylation sites (tertiary alicyclic amines) is 1. The third kappa shape index (κ3) is 4.45. The lowest BCUT2D eigenvalue weighted by Gasteiger charge is -2.50. The summed E-state index contributed by atoms with van der Waals surface area (Å²) in [6.45, 7) is 6.54. The fourth-order valence-electron chi connectivity index (χ4n) is 4.97. The number of hydrogen-bond donors (Lipinski definition) is 0. The quantitative estimate of drug-likeness (QED) is 0.601. The molecule has 184 valence electrons. The molecule has 0 saturated carbocycles. The van der Waals surface area contributed by atoms with Crippen molar-refractivity contribution in [1.82, 2.24) is 14.4 Å². The smallest absolute Gasteiger partial charge is 0.456 e. The Bertz CT molecular complexity index is 1050. The monoisotopic (exact) mass is 477 g/mol. The maximum absolute atomic E-state index is 13.1. The van der Waals surface area contributed by atoms with E-state index in [2.05, 4.69) is 18.7 Å². The zero-order valence-corrected chi connectivity index (χ0v) is 19.7. The van der Waals surface area contributed by atoms with Crippen LogP contribution in [0.2, 0.25) is 0 Å². The van der Waals surface area contributed by atoms with Gasteiger partial charge in [-0.1, -0.05) is 13.8 Å². The molecular weight excluding hydrogens is 447 g/mol. The van der Waals surface area contributed by atoms with Crippen molar-refractivity contribution in [2.24, 2.45) is 5.92 Å². The lowest BCUT2D eigenvalue weighted by atomic mass is 9.81. The van der Waals surface area contributed by atoms with Gasteiger partial charge >= 0.3 is 6.18 Å². The lowest BCUT2D eigenvalue weighted by molar-refractivity contribution is -0.0892. The highest BCUT2D eigenvalue weighted by Crippen LogP contribution is 2.42. The number of alkyl halides is 3. The summed E-state index contributed by atoms with van der Waals surface area (Å²) in [5.41, 5.74) is 0.473. The molecule has 0 aliphatic carbocycles. The Kier molecular flexibility index (Phi) is 6.50. The number of likely N-dealkylation sites (N-methyl/N-ethyl adjacent to an activating group) is 1. The van der Waals surface area contributed by atoms with E-state index < -0.39 is 17.5 Å². The summed E-state index contributed by atoms with van der Waals surface area (Å²) in [4.78, 5) is 28.9. The van der Waals surface area contributed by atoms with Crippen molar-refractivity contribution in [2.45, 2.75) is 44.9 Å². The Morgan fingerprint density at radius 3 is 2.24 bits per heavy atom. The number of carbonyl (C=O) groups excluding carboxylic acids is 2. The van der Waals surface area contributed by atoms with E-state index in [0.717, 1.165) is 5.75 Å². The summed E-state index contributed by atoms with van der Waals surface area (Å²) < 4.78 is 46.4. The number of Topliss-reactive ketones (excluding diaryl/α,β-unsaturated/α-hetero) is 1. The van der Waals surface area contributed by atoms with E-state index >= 15 is 0 Å². The van der Waals surface area contributed by atoms with Crippen LogP contribution in [0.25, 0.3) is 0 Å². The summed E-state index contributed by atoms with van der Waals surface area (Å²) in [7, 11) is 1.95. The average molecular weight is 478 g/mol.